The maximum Gasteiger partial charge on any atom is 0.406 e. The Morgan fingerprint density at radius 3 is 1.80 bits per heavy atom. The summed E-state index contributed by atoms with van der Waals surface area (Å²) in [6, 6.07) is 0. The van der Waals surface area contributed by atoms with E-state index in [1.54, 1.807) is 0 Å². The predicted octanol–water partition coefficient (Wildman–Crippen LogP) is 1.14. The van der Waals surface area contributed by atoms with Crippen LogP contribution in [0.25, 0.3) is 0 Å². The van der Waals surface area contributed by atoms with E-state index in [9.17, 15) is 4.89 Å². The summed E-state index contributed by atoms with van der Waals surface area (Å²) in [6.07, 6.45) is 7.30. The summed E-state index contributed by atoms with van der Waals surface area (Å²) in [5.41, 5.74) is -0.418. The SMILES string of the molecule is C#CC#CC#CC#CC#CC#COP1OCC2(COP(O)OC2)CO1. The Morgan fingerprint density at radius 2 is 1.24 bits per heavy atom. The molecular formula is C17H10O6P2. The zero-order chi connectivity index (χ0) is 17.8. The molecule has 0 aromatic rings. The van der Waals surface area contributed by atoms with Crippen molar-refractivity contribution in [2.24, 2.45) is 5.41 Å². The summed E-state index contributed by atoms with van der Waals surface area (Å²) in [5, 5.41) is 0. The van der Waals surface area contributed by atoms with E-state index in [-0.39, 0.29) is 0 Å². The Balaban J connectivity index is 1.70. The van der Waals surface area contributed by atoms with E-state index in [0.29, 0.717) is 26.4 Å². The van der Waals surface area contributed by atoms with Gasteiger partial charge >= 0.3 is 17.2 Å². The summed E-state index contributed by atoms with van der Waals surface area (Å²) in [6.45, 7) is 1.29. The minimum absolute atomic E-state index is 0.311. The minimum atomic E-state index is -1.78. The lowest BCUT2D eigenvalue weighted by Gasteiger charge is -2.40. The Morgan fingerprint density at radius 1 is 0.760 bits per heavy atom. The molecule has 0 radical (unpaired) electrons. The van der Waals surface area contributed by atoms with Crippen molar-refractivity contribution in [1.29, 1.82) is 0 Å². The summed E-state index contributed by atoms with van der Waals surface area (Å²) in [4.78, 5) is 9.20. The van der Waals surface area contributed by atoms with E-state index in [1.165, 1.54) is 0 Å². The third kappa shape index (κ3) is 7.07. The van der Waals surface area contributed by atoms with Gasteiger partial charge in [-0.3, -0.25) is 0 Å². The average Bonchev–Trinajstić information content (AvgIpc) is 2.64. The largest absolute Gasteiger partial charge is 0.406 e. The van der Waals surface area contributed by atoms with Crippen LogP contribution in [0.5, 0.6) is 0 Å². The lowest BCUT2D eigenvalue weighted by atomic mass is 9.93. The van der Waals surface area contributed by atoms with E-state index in [2.05, 4.69) is 65.3 Å². The minimum Gasteiger partial charge on any atom is -0.372 e. The quantitative estimate of drug-likeness (QED) is 0.550. The Bertz CT molecular complexity index is 817. The third-order valence-corrected chi connectivity index (χ3v) is 4.28. The van der Waals surface area contributed by atoms with Crippen LogP contribution in [0.1, 0.15) is 0 Å². The van der Waals surface area contributed by atoms with Crippen LogP contribution in [0.4, 0.5) is 0 Å². The first-order chi connectivity index (χ1) is 12.2. The number of hydrogen-bond acceptors (Lipinski definition) is 6. The molecule has 6 nitrogen and oxygen atoms in total. The fraction of sp³-hybridized carbons (Fsp3) is 0.294. The zero-order valence-electron chi connectivity index (χ0n) is 12.8. The van der Waals surface area contributed by atoms with E-state index in [1.807, 2.05) is 0 Å². The number of hydrogen-bond donors (Lipinski definition) is 1. The molecule has 2 saturated heterocycles. The predicted molar refractivity (Wildman–Crippen MR) is 91.1 cm³/mol. The average molecular weight is 372 g/mol. The molecule has 0 bridgehead atoms. The van der Waals surface area contributed by atoms with Gasteiger partial charge in [-0.25, -0.2) is 0 Å². The van der Waals surface area contributed by atoms with Gasteiger partial charge in [0.2, 0.25) is 0 Å². The van der Waals surface area contributed by atoms with Crippen LogP contribution >= 0.6 is 17.2 Å². The van der Waals surface area contributed by atoms with Crippen molar-refractivity contribution < 1.29 is 27.5 Å². The smallest absolute Gasteiger partial charge is 0.372 e. The van der Waals surface area contributed by atoms with Crippen LogP contribution in [0, 0.1) is 77.1 Å². The van der Waals surface area contributed by atoms with Crippen molar-refractivity contribution in [3.63, 3.8) is 0 Å². The second-order valence-corrected chi connectivity index (χ2v) is 6.66. The first-order valence-electron chi connectivity index (χ1n) is 6.67. The van der Waals surface area contributed by atoms with Crippen molar-refractivity contribution in [3.05, 3.63) is 0 Å². The molecule has 2 aliphatic rings. The van der Waals surface area contributed by atoms with Gasteiger partial charge in [0.25, 0.3) is 0 Å². The molecule has 124 valence electrons. The molecule has 1 spiro atoms. The number of terminal acetylenes is 1. The molecule has 25 heavy (non-hydrogen) atoms. The molecule has 0 aliphatic carbocycles. The van der Waals surface area contributed by atoms with E-state index >= 15 is 0 Å². The maximum absolute atomic E-state index is 9.20. The second-order valence-electron chi connectivity index (χ2n) is 4.52. The summed E-state index contributed by atoms with van der Waals surface area (Å²) in [7, 11) is -3.35. The van der Waals surface area contributed by atoms with Gasteiger partial charge in [-0.05, 0) is 29.6 Å². The zero-order valence-corrected chi connectivity index (χ0v) is 14.6. The van der Waals surface area contributed by atoms with Gasteiger partial charge in [-0.1, -0.05) is 0 Å². The van der Waals surface area contributed by atoms with Gasteiger partial charge < -0.3 is 27.5 Å². The maximum atomic E-state index is 9.20. The third-order valence-electron chi connectivity index (χ3n) is 2.66. The molecule has 0 unspecified atom stereocenters. The van der Waals surface area contributed by atoms with E-state index < -0.39 is 22.6 Å². The first-order valence-corrected chi connectivity index (χ1v) is 8.90. The normalized spacial score (nSPS) is 26.2. The van der Waals surface area contributed by atoms with Crippen LogP contribution in [0.15, 0.2) is 0 Å². The molecule has 0 atom stereocenters. The van der Waals surface area contributed by atoms with Crippen LogP contribution in [0.2, 0.25) is 0 Å². The van der Waals surface area contributed by atoms with Crippen molar-refractivity contribution in [1.82, 2.24) is 0 Å². The van der Waals surface area contributed by atoms with Gasteiger partial charge in [0.15, 0.2) is 0 Å². The Hall–Kier alpha value is -2.18. The molecule has 0 aromatic heterocycles. The monoisotopic (exact) mass is 372 g/mol. The highest BCUT2D eigenvalue weighted by Crippen LogP contribution is 2.51. The molecule has 2 rings (SSSR count). The molecular weight excluding hydrogens is 362 g/mol. The van der Waals surface area contributed by atoms with E-state index in [0.717, 1.165) is 0 Å². The summed E-state index contributed by atoms with van der Waals surface area (Å²) in [5.74, 6) is 24.1. The Labute approximate surface area is 148 Å². The lowest BCUT2D eigenvalue weighted by molar-refractivity contribution is -0.0693. The molecule has 0 aromatic carbocycles. The van der Waals surface area contributed by atoms with Gasteiger partial charge in [-0.15, -0.1) is 6.42 Å². The lowest BCUT2D eigenvalue weighted by Crippen LogP contribution is -2.44. The Kier molecular flexibility index (Phi) is 8.15. The molecule has 8 heteroatoms. The van der Waals surface area contributed by atoms with Gasteiger partial charge in [0.05, 0.1) is 31.8 Å². The van der Waals surface area contributed by atoms with Crippen LogP contribution in [-0.2, 0) is 22.6 Å². The highest BCUT2D eigenvalue weighted by atomic mass is 31.2. The van der Waals surface area contributed by atoms with Crippen molar-refractivity contribution >= 4 is 17.2 Å². The van der Waals surface area contributed by atoms with Crippen molar-refractivity contribution in [3.8, 4) is 71.7 Å². The molecule has 0 saturated carbocycles. The molecule has 2 heterocycles. The fourth-order valence-electron chi connectivity index (χ4n) is 1.48. The molecule has 2 fully saturated rings. The topological polar surface area (TPSA) is 66.4 Å². The summed E-state index contributed by atoms with van der Waals surface area (Å²) < 4.78 is 26.2. The van der Waals surface area contributed by atoms with Crippen molar-refractivity contribution in [2.45, 2.75) is 0 Å². The van der Waals surface area contributed by atoms with Crippen LogP contribution in [0.3, 0.4) is 0 Å². The molecule has 1 N–H and O–H groups in total. The van der Waals surface area contributed by atoms with Crippen LogP contribution < -0.4 is 0 Å². The first kappa shape index (κ1) is 19.1. The van der Waals surface area contributed by atoms with Crippen LogP contribution in [-0.4, -0.2) is 31.3 Å². The second kappa shape index (κ2) is 10.6. The van der Waals surface area contributed by atoms with Crippen molar-refractivity contribution in [2.75, 3.05) is 26.4 Å². The number of rotatable bonds is 1. The van der Waals surface area contributed by atoms with Gasteiger partial charge in [-0.2, -0.15) is 0 Å². The van der Waals surface area contributed by atoms with Gasteiger partial charge in [0, 0.05) is 29.6 Å². The fourth-order valence-corrected chi connectivity index (χ4v) is 3.38. The highest BCUT2D eigenvalue weighted by Gasteiger charge is 2.43. The highest BCUT2D eigenvalue weighted by molar-refractivity contribution is 7.42. The van der Waals surface area contributed by atoms with E-state index in [4.69, 9.17) is 29.0 Å². The summed E-state index contributed by atoms with van der Waals surface area (Å²) >= 11 is 0. The standard InChI is InChI=1S/C17H10O6P2/c1-2-3-4-5-6-7-8-9-10-11-12-19-25-22-15-17(16-23-25)13-20-24(18)21-14-17/h1,18H,13-16H2. The molecule has 2 aliphatic heterocycles. The van der Waals surface area contributed by atoms with Gasteiger partial charge in [0.1, 0.15) is 6.11 Å². The molecule has 0 amide bonds.